The largest absolute Gasteiger partial charge is 0.383 e. The summed E-state index contributed by atoms with van der Waals surface area (Å²) in [5, 5.41) is 2.47. The van der Waals surface area contributed by atoms with Crippen LogP contribution in [0.1, 0.15) is 10.4 Å². The molecule has 0 spiro atoms. The molecule has 0 saturated carbocycles. The highest BCUT2D eigenvalue weighted by molar-refractivity contribution is 5.97. The van der Waals surface area contributed by atoms with E-state index in [-0.39, 0.29) is 17.3 Å². The van der Waals surface area contributed by atoms with Crippen LogP contribution < -0.4 is 11.1 Å². The summed E-state index contributed by atoms with van der Waals surface area (Å²) in [4.78, 5) is 23.6. The van der Waals surface area contributed by atoms with Crippen LogP contribution >= 0.6 is 0 Å². The van der Waals surface area contributed by atoms with Gasteiger partial charge in [0.1, 0.15) is 11.5 Å². The molecule has 3 N–H and O–H groups in total. The Morgan fingerprint density at radius 3 is 2.76 bits per heavy atom. The van der Waals surface area contributed by atoms with Crippen LogP contribution in [0.25, 0.3) is 11.5 Å². The zero-order valence-electron chi connectivity index (χ0n) is 9.21. The number of rotatable bonds is 2. The number of pyridine rings is 1. The molecule has 2 aromatic heterocycles. The van der Waals surface area contributed by atoms with E-state index in [0.717, 1.165) is 0 Å². The van der Waals surface area contributed by atoms with Crippen LogP contribution in [0.4, 0.5) is 5.82 Å². The van der Waals surface area contributed by atoms with Crippen molar-refractivity contribution in [2.75, 3.05) is 12.8 Å². The number of nitrogen functional groups attached to an aromatic ring is 1. The molecule has 0 aliphatic rings. The van der Waals surface area contributed by atoms with Crippen molar-refractivity contribution in [1.82, 2.24) is 20.3 Å². The molecule has 2 heterocycles. The van der Waals surface area contributed by atoms with Gasteiger partial charge >= 0.3 is 0 Å². The molecule has 2 rings (SSSR count). The van der Waals surface area contributed by atoms with Gasteiger partial charge in [-0.2, -0.15) is 0 Å². The first-order valence-electron chi connectivity index (χ1n) is 4.98. The quantitative estimate of drug-likeness (QED) is 0.781. The molecule has 1 amide bonds. The zero-order valence-corrected chi connectivity index (χ0v) is 9.21. The van der Waals surface area contributed by atoms with Crippen molar-refractivity contribution >= 4 is 11.7 Å². The second-order valence-corrected chi connectivity index (χ2v) is 3.29. The van der Waals surface area contributed by atoms with Crippen molar-refractivity contribution in [3.05, 3.63) is 36.2 Å². The van der Waals surface area contributed by atoms with Crippen molar-refractivity contribution < 1.29 is 4.79 Å². The number of nitrogens with one attached hydrogen (secondary N) is 1. The highest BCUT2D eigenvalue weighted by atomic mass is 16.1. The third kappa shape index (κ3) is 2.20. The van der Waals surface area contributed by atoms with Gasteiger partial charge in [0.25, 0.3) is 5.91 Å². The van der Waals surface area contributed by atoms with Gasteiger partial charge < -0.3 is 11.1 Å². The predicted molar refractivity (Wildman–Crippen MR) is 63.1 cm³/mol. The number of amides is 1. The number of carbonyl (C=O) groups is 1. The summed E-state index contributed by atoms with van der Waals surface area (Å²) in [5.74, 6) is 0.228. The van der Waals surface area contributed by atoms with Crippen molar-refractivity contribution in [3.8, 4) is 11.5 Å². The third-order valence-corrected chi connectivity index (χ3v) is 2.18. The second-order valence-electron chi connectivity index (χ2n) is 3.29. The van der Waals surface area contributed by atoms with E-state index in [1.807, 2.05) is 6.07 Å². The first kappa shape index (κ1) is 11.0. The maximum absolute atomic E-state index is 11.4. The van der Waals surface area contributed by atoms with Gasteiger partial charge in [-0.25, -0.2) is 9.97 Å². The molecule has 2 aromatic rings. The highest BCUT2D eigenvalue weighted by Crippen LogP contribution is 2.14. The summed E-state index contributed by atoms with van der Waals surface area (Å²) in [6, 6.07) is 5.40. The summed E-state index contributed by atoms with van der Waals surface area (Å²) < 4.78 is 0. The molecule has 0 bridgehead atoms. The Hall–Kier alpha value is -2.50. The molecular formula is C11H11N5O. The third-order valence-electron chi connectivity index (χ3n) is 2.18. The zero-order chi connectivity index (χ0) is 12.3. The molecule has 0 aromatic carbocycles. The summed E-state index contributed by atoms with van der Waals surface area (Å²) in [5.41, 5.74) is 6.57. The maximum Gasteiger partial charge on any atom is 0.256 e. The maximum atomic E-state index is 11.4. The lowest BCUT2D eigenvalue weighted by Gasteiger charge is -2.04. The number of carbonyl (C=O) groups excluding carboxylic acids is 1. The summed E-state index contributed by atoms with van der Waals surface area (Å²) in [6.07, 6.45) is 3.03. The Bertz CT molecular complexity index is 541. The Kier molecular flexibility index (Phi) is 2.95. The molecule has 86 valence electrons. The molecule has 17 heavy (non-hydrogen) atoms. The molecule has 0 aliphatic carbocycles. The molecule has 0 atom stereocenters. The van der Waals surface area contributed by atoms with Crippen molar-refractivity contribution in [2.45, 2.75) is 0 Å². The Balaban J connectivity index is 2.41. The lowest BCUT2D eigenvalue weighted by Crippen LogP contribution is -2.20. The average Bonchev–Trinajstić information content (AvgIpc) is 2.39. The van der Waals surface area contributed by atoms with Crippen molar-refractivity contribution in [3.63, 3.8) is 0 Å². The summed E-state index contributed by atoms with van der Waals surface area (Å²) in [7, 11) is 1.52. The van der Waals surface area contributed by atoms with Crippen LogP contribution in [0.15, 0.2) is 30.6 Å². The number of nitrogens with zero attached hydrogens (tertiary/aromatic N) is 3. The van der Waals surface area contributed by atoms with Gasteiger partial charge in [0, 0.05) is 19.4 Å². The lowest BCUT2D eigenvalue weighted by molar-refractivity contribution is 0.0963. The molecule has 0 unspecified atom stereocenters. The predicted octanol–water partition coefficient (Wildman–Crippen LogP) is 0.480. The average molecular weight is 229 g/mol. The smallest absolute Gasteiger partial charge is 0.256 e. The van der Waals surface area contributed by atoms with E-state index in [2.05, 4.69) is 20.3 Å². The summed E-state index contributed by atoms with van der Waals surface area (Å²) in [6.45, 7) is 0. The first-order valence-corrected chi connectivity index (χ1v) is 4.98. The Morgan fingerprint density at radius 2 is 2.18 bits per heavy atom. The van der Waals surface area contributed by atoms with Crippen LogP contribution in [-0.2, 0) is 0 Å². The Morgan fingerprint density at radius 1 is 1.35 bits per heavy atom. The highest BCUT2D eigenvalue weighted by Gasteiger charge is 2.11. The van der Waals surface area contributed by atoms with Gasteiger partial charge in [-0.1, -0.05) is 6.07 Å². The van der Waals surface area contributed by atoms with Gasteiger partial charge in [-0.15, -0.1) is 0 Å². The number of hydrogen-bond acceptors (Lipinski definition) is 5. The molecule has 0 aliphatic heterocycles. The normalized spacial score (nSPS) is 9.94. The van der Waals surface area contributed by atoms with E-state index in [1.54, 1.807) is 18.3 Å². The molecule has 0 fully saturated rings. The molecule has 0 saturated heterocycles. The lowest BCUT2D eigenvalue weighted by atomic mass is 10.2. The van der Waals surface area contributed by atoms with E-state index >= 15 is 0 Å². The number of nitrogens with two attached hydrogens (primary N) is 1. The fourth-order valence-corrected chi connectivity index (χ4v) is 1.32. The first-order chi connectivity index (χ1) is 8.22. The van der Waals surface area contributed by atoms with Crippen LogP contribution in [0.5, 0.6) is 0 Å². The number of anilines is 1. The van der Waals surface area contributed by atoms with Crippen LogP contribution in [-0.4, -0.2) is 27.9 Å². The van der Waals surface area contributed by atoms with Gasteiger partial charge in [0.05, 0.1) is 5.56 Å². The van der Waals surface area contributed by atoms with E-state index < -0.39 is 0 Å². The van der Waals surface area contributed by atoms with Gasteiger partial charge in [0.15, 0.2) is 5.82 Å². The number of hydrogen-bond donors (Lipinski definition) is 2. The van der Waals surface area contributed by atoms with Gasteiger partial charge in [0.2, 0.25) is 0 Å². The van der Waals surface area contributed by atoms with E-state index in [4.69, 9.17) is 5.73 Å². The SMILES string of the molecule is CNC(=O)c1cnc(-c2ccccn2)nc1N. The van der Waals surface area contributed by atoms with Crippen molar-refractivity contribution in [1.29, 1.82) is 0 Å². The van der Waals surface area contributed by atoms with Gasteiger partial charge in [-0.05, 0) is 12.1 Å². The molecule has 6 heteroatoms. The van der Waals surface area contributed by atoms with Crippen molar-refractivity contribution in [2.24, 2.45) is 0 Å². The summed E-state index contributed by atoms with van der Waals surface area (Å²) >= 11 is 0. The van der Waals surface area contributed by atoms with E-state index in [0.29, 0.717) is 11.5 Å². The topological polar surface area (TPSA) is 93.8 Å². The van der Waals surface area contributed by atoms with Crippen LogP contribution in [0, 0.1) is 0 Å². The fourth-order valence-electron chi connectivity index (χ4n) is 1.32. The minimum atomic E-state index is -0.310. The minimum Gasteiger partial charge on any atom is -0.383 e. The fraction of sp³-hybridized carbons (Fsp3) is 0.0909. The second kappa shape index (κ2) is 4.56. The molecule has 6 nitrogen and oxygen atoms in total. The minimum absolute atomic E-state index is 0.139. The Labute approximate surface area is 97.9 Å². The number of aromatic nitrogens is 3. The van der Waals surface area contributed by atoms with Crippen LogP contribution in [0.2, 0.25) is 0 Å². The van der Waals surface area contributed by atoms with E-state index in [9.17, 15) is 4.79 Å². The van der Waals surface area contributed by atoms with E-state index in [1.165, 1.54) is 13.2 Å². The molecule has 0 radical (unpaired) electrons. The monoisotopic (exact) mass is 229 g/mol. The van der Waals surface area contributed by atoms with Crippen LogP contribution in [0.3, 0.4) is 0 Å². The molecular weight excluding hydrogens is 218 g/mol. The standard InChI is InChI=1S/C11H11N5O/c1-13-11(17)7-6-15-10(16-9(7)12)8-4-2-3-5-14-8/h2-6H,1H3,(H,13,17)(H2,12,15,16). The van der Waals surface area contributed by atoms with Gasteiger partial charge in [-0.3, -0.25) is 9.78 Å².